The first kappa shape index (κ1) is 21.9. The third-order valence-electron chi connectivity index (χ3n) is 5.26. The van der Waals surface area contributed by atoms with Crippen molar-refractivity contribution in [3.05, 3.63) is 53.1 Å². The van der Waals surface area contributed by atoms with Gasteiger partial charge in [-0.3, -0.25) is 14.5 Å². The molecule has 30 heavy (non-hydrogen) atoms. The van der Waals surface area contributed by atoms with E-state index in [1.54, 1.807) is 19.2 Å². The van der Waals surface area contributed by atoms with Gasteiger partial charge >= 0.3 is 0 Å². The number of carbonyl (C=O) groups is 2. The molecule has 3 rings (SSSR count). The Morgan fingerprint density at radius 3 is 2.70 bits per heavy atom. The molecule has 1 saturated heterocycles. The third-order valence-corrected chi connectivity index (χ3v) is 5.26. The lowest BCUT2D eigenvalue weighted by Gasteiger charge is -2.18. The molecule has 0 aromatic carbocycles. The number of hydrogen-bond acceptors (Lipinski definition) is 6. The number of amides is 1. The van der Waals surface area contributed by atoms with Crippen molar-refractivity contribution in [2.75, 3.05) is 38.5 Å². The lowest BCUT2D eigenvalue weighted by atomic mass is 10.00. The van der Waals surface area contributed by atoms with E-state index in [2.05, 4.69) is 27.1 Å². The smallest absolute Gasteiger partial charge is 0.222 e. The first-order chi connectivity index (χ1) is 14.4. The van der Waals surface area contributed by atoms with E-state index >= 15 is 0 Å². The summed E-state index contributed by atoms with van der Waals surface area (Å²) in [5.74, 6) is 1.59. The summed E-state index contributed by atoms with van der Waals surface area (Å²) in [4.78, 5) is 32.6. The topological polar surface area (TPSA) is 78.7 Å². The fourth-order valence-electron chi connectivity index (χ4n) is 3.74. The number of anilines is 1. The number of nitrogens with zero attached hydrogens (tertiary/aromatic N) is 3. The van der Waals surface area contributed by atoms with Crippen LogP contribution in [0.15, 0.2) is 34.9 Å². The zero-order valence-corrected chi connectivity index (χ0v) is 18.2. The lowest BCUT2D eigenvalue weighted by molar-refractivity contribution is -0.114. The molecule has 0 radical (unpaired) electrons. The second-order valence-electron chi connectivity index (χ2n) is 7.76. The highest BCUT2D eigenvalue weighted by Crippen LogP contribution is 2.31. The van der Waals surface area contributed by atoms with Crippen molar-refractivity contribution < 1.29 is 14.0 Å². The highest BCUT2D eigenvalue weighted by Gasteiger charge is 2.21. The van der Waals surface area contributed by atoms with Crippen LogP contribution in [-0.2, 0) is 11.3 Å². The Morgan fingerprint density at radius 1 is 1.20 bits per heavy atom. The van der Waals surface area contributed by atoms with E-state index in [0.29, 0.717) is 23.7 Å². The second kappa shape index (κ2) is 9.82. The van der Waals surface area contributed by atoms with Crippen molar-refractivity contribution in [3.8, 4) is 0 Å². The zero-order chi connectivity index (χ0) is 21.7. The van der Waals surface area contributed by atoms with Gasteiger partial charge in [0.1, 0.15) is 17.3 Å². The molecule has 1 amide bonds. The van der Waals surface area contributed by atoms with Gasteiger partial charge in [0.2, 0.25) is 5.91 Å². The van der Waals surface area contributed by atoms with Crippen LogP contribution in [0.2, 0.25) is 0 Å². The molecule has 7 heteroatoms. The Balaban J connectivity index is 1.90. The van der Waals surface area contributed by atoms with Gasteiger partial charge in [-0.2, -0.15) is 0 Å². The summed E-state index contributed by atoms with van der Waals surface area (Å²) in [5, 5.41) is 2.70. The number of carbonyl (C=O) groups excluding carboxylic acids is 2. The number of rotatable bonds is 6. The Kier molecular flexibility index (Phi) is 7.18. The number of hydrogen-bond donors (Lipinski definition) is 1. The fourth-order valence-corrected chi connectivity index (χ4v) is 3.74. The molecule has 1 N–H and O–H groups in total. The van der Waals surface area contributed by atoms with Crippen LogP contribution >= 0.6 is 0 Å². The first-order valence-electron chi connectivity index (χ1n) is 10.3. The van der Waals surface area contributed by atoms with E-state index in [1.165, 1.54) is 6.92 Å². The number of allylic oxidation sites excluding steroid dienone is 1. The molecule has 3 heterocycles. The summed E-state index contributed by atoms with van der Waals surface area (Å²) < 4.78 is 6.22. The molecular weight excluding hydrogens is 380 g/mol. The van der Waals surface area contributed by atoms with Gasteiger partial charge in [0, 0.05) is 31.8 Å². The summed E-state index contributed by atoms with van der Waals surface area (Å²) in [7, 11) is 2.14. The van der Waals surface area contributed by atoms with Gasteiger partial charge in [-0.05, 0) is 64.2 Å². The minimum atomic E-state index is -0.186. The average Bonchev–Trinajstić information content (AvgIpc) is 2.99. The van der Waals surface area contributed by atoms with Crippen LogP contribution in [0.3, 0.4) is 0 Å². The predicted molar refractivity (Wildman–Crippen MR) is 117 cm³/mol. The molecule has 2 aromatic heterocycles. The SMILES string of the molecule is C/C=C(/c1ccnc(NC(C)=O)c1)c1oc(CN2CCCN(C)CC2)cc1C(C)=O. The first-order valence-corrected chi connectivity index (χ1v) is 10.3. The fraction of sp³-hybridized carbons (Fsp3) is 0.435. The highest BCUT2D eigenvalue weighted by molar-refractivity contribution is 6.00. The number of Topliss-reactive ketones (excluding diaryl/α,β-unsaturated/α-hetero) is 1. The third kappa shape index (κ3) is 5.43. The maximum atomic E-state index is 12.4. The molecular formula is C23H30N4O3. The van der Waals surface area contributed by atoms with Crippen LogP contribution in [-0.4, -0.2) is 59.7 Å². The van der Waals surface area contributed by atoms with Crippen LogP contribution in [0.5, 0.6) is 0 Å². The van der Waals surface area contributed by atoms with Crippen molar-refractivity contribution in [1.29, 1.82) is 0 Å². The summed E-state index contributed by atoms with van der Waals surface area (Å²) in [5.41, 5.74) is 2.20. The van der Waals surface area contributed by atoms with Crippen molar-refractivity contribution in [2.24, 2.45) is 0 Å². The maximum Gasteiger partial charge on any atom is 0.222 e. The van der Waals surface area contributed by atoms with Crippen molar-refractivity contribution in [2.45, 2.75) is 33.7 Å². The monoisotopic (exact) mass is 410 g/mol. The van der Waals surface area contributed by atoms with E-state index in [4.69, 9.17) is 4.42 Å². The molecule has 0 spiro atoms. The van der Waals surface area contributed by atoms with Gasteiger partial charge in [0.15, 0.2) is 5.78 Å². The van der Waals surface area contributed by atoms with E-state index in [1.807, 2.05) is 25.1 Å². The Bertz CT molecular complexity index is 948. The normalized spacial score (nSPS) is 16.3. The van der Waals surface area contributed by atoms with Gasteiger partial charge in [0.05, 0.1) is 12.1 Å². The number of nitrogens with one attached hydrogen (secondary N) is 1. The molecule has 2 aromatic rings. The van der Waals surface area contributed by atoms with Crippen molar-refractivity contribution in [1.82, 2.24) is 14.8 Å². The summed E-state index contributed by atoms with van der Waals surface area (Å²) >= 11 is 0. The van der Waals surface area contributed by atoms with Crippen molar-refractivity contribution >= 4 is 23.1 Å². The largest absolute Gasteiger partial charge is 0.459 e. The van der Waals surface area contributed by atoms with E-state index in [0.717, 1.165) is 49.5 Å². The molecule has 1 fully saturated rings. The predicted octanol–water partition coefficient (Wildman–Crippen LogP) is 3.42. The van der Waals surface area contributed by atoms with Crippen LogP contribution in [0, 0.1) is 0 Å². The molecule has 1 aliphatic heterocycles. The maximum absolute atomic E-state index is 12.4. The molecule has 0 aliphatic carbocycles. The summed E-state index contributed by atoms with van der Waals surface area (Å²) in [6, 6.07) is 5.50. The minimum absolute atomic E-state index is 0.0360. The van der Waals surface area contributed by atoms with Crippen molar-refractivity contribution in [3.63, 3.8) is 0 Å². The van der Waals surface area contributed by atoms with Crippen LogP contribution in [0.4, 0.5) is 5.82 Å². The van der Waals surface area contributed by atoms with Gasteiger partial charge in [0.25, 0.3) is 0 Å². The quantitative estimate of drug-likeness (QED) is 0.735. The van der Waals surface area contributed by atoms with Gasteiger partial charge < -0.3 is 14.6 Å². The van der Waals surface area contributed by atoms with Crippen LogP contribution < -0.4 is 5.32 Å². The Labute approximate surface area is 177 Å². The molecule has 0 saturated carbocycles. The standard InChI is InChI=1S/C23H30N4O3/c1-5-20(18-7-8-24-22(13-18)25-17(3)29)23-21(16(2)28)14-19(30-23)15-27-10-6-9-26(4)11-12-27/h5,7-8,13-14H,6,9-12,15H2,1-4H3,(H,24,25,29)/b20-5-. The van der Waals surface area contributed by atoms with Crippen LogP contribution in [0.25, 0.3) is 5.57 Å². The van der Waals surface area contributed by atoms with Gasteiger partial charge in [-0.1, -0.05) is 6.08 Å². The summed E-state index contributed by atoms with van der Waals surface area (Å²) in [6.07, 6.45) is 4.67. The number of likely N-dealkylation sites (N-methyl/N-ethyl adjacent to an activating group) is 1. The molecule has 0 unspecified atom stereocenters. The van der Waals surface area contributed by atoms with Crippen LogP contribution in [0.1, 0.15) is 54.6 Å². The number of furan rings is 1. The van der Waals surface area contributed by atoms with E-state index in [-0.39, 0.29) is 11.7 Å². The molecule has 7 nitrogen and oxygen atoms in total. The number of aromatic nitrogens is 1. The highest BCUT2D eigenvalue weighted by atomic mass is 16.3. The average molecular weight is 411 g/mol. The Morgan fingerprint density at radius 2 is 2.00 bits per heavy atom. The molecule has 0 atom stereocenters. The molecule has 160 valence electrons. The molecule has 1 aliphatic rings. The van der Waals surface area contributed by atoms with Gasteiger partial charge in [-0.15, -0.1) is 0 Å². The second-order valence-corrected chi connectivity index (χ2v) is 7.76. The molecule has 0 bridgehead atoms. The summed E-state index contributed by atoms with van der Waals surface area (Å²) in [6.45, 7) is 9.69. The number of pyridine rings is 1. The zero-order valence-electron chi connectivity index (χ0n) is 18.2. The van der Waals surface area contributed by atoms with E-state index < -0.39 is 0 Å². The van der Waals surface area contributed by atoms with E-state index in [9.17, 15) is 9.59 Å². The minimum Gasteiger partial charge on any atom is -0.459 e. The Hall–Kier alpha value is -2.77. The van der Waals surface area contributed by atoms with Gasteiger partial charge in [-0.25, -0.2) is 4.98 Å². The lowest BCUT2D eigenvalue weighted by Crippen LogP contribution is -2.28. The number of ketones is 1.